The Bertz CT molecular complexity index is 682. The quantitative estimate of drug-likeness (QED) is 0.708. The molecule has 1 heterocycles. The van der Waals surface area contributed by atoms with Gasteiger partial charge in [-0.05, 0) is 36.4 Å². The highest BCUT2D eigenvalue weighted by Gasteiger charge is 2.14. The second kappa shape index (κ2) is 9.08. The van der Waals surface area contributed by atoms with E-state index in [1.807, 2.05) is 17.5 Å². The van der Waals surface area contributed by atoms with Crippen LogP contribution in [0.15, 0.2) is 35.7 Å². The van der Waals surface area contributed by atoms with E-state index < -0.39 is 5.91 Å². The van der Waals surface area contributed by atoms with Crippen LogP contribution in [0.3, 0.4) is 0 Å². The molecule has 0 aliphatic heterocycles. The first kappa shape index (κ1) is 18.0. The van der Waals surface area contributed by atoms with Crippen LogP contribution in [0.2, 0.25) is 0 Å². The summed E-state index contributed by atoms with van der Waals surface area (Å²) in [4.78, 5) is 25.0. The summed E-state index contributed by atoms with van der Waals surface area (Å²) in [6, 6.07) is 9.35. The molecule has 0 saturated carbocycles. The van der Waals surface area contributed by atoms with E-state index in [1.165, 1.54) is 4.88 Å². The molecule has 24 heavy (non-hydrogen) atoms. The van der Waals surface area contributed by atoms with E-state index in [2.05, 4.69) is 5.32 Å². The summed E-state index contributed by atoms with van der Waals surface area (Å²) in [6.45, 7) is 0.239. The number of benzene rings is 1. The first-order valence-corrected chi connectivity index (χ1v) is 8.56. The summed E-state index contributed by atoms with van der Waals surface area (Å²) < 4.78 is 10.4. The SMILES string of the molecule is COc1ccc(CNC(=O)C(=O)CCCc2cccs2)c(OC)c1. The maximum atomic E-state index is 11.9. The van der Waals surface area contributed by atoms with Gasteiger partial charge in [0.2, 0.25) is 5.78 Å². The van der Waals surface area contributed by atoms with Crippen molar-refractivity contribution >= 4 is 23.0 Å². The zero-order valence-corrected chi connectivity index (χ0v) is 14.7. The normalized spacial score (nSPS) is 10.2. The molecule has 1 amide bonds. The van der Waals surface area contributed by atoms with Crippen molar-refractivity contribution in [2.24, 2.45) is 0 Å². The highest BCUT2D eigenvalue weighted by Crippen LogP contribution is 2.24. The molecule has 5 nitrogen and oxygen atoms in total. The fourth-order valence-corrected chi connectivity index (χ4v) is 3.01. The molecule has 0 saturated heterocycles. The molecule has 128 valence electrons. The van der Waals surface area contributed by atoms with Crippen LogP contribution in [-0.2, 0) is 22.6 Å². The average Bonchev–Trinajstić information content (AvgIpc) is 3.12. The highest BCUT2D eigenvalue weighted by molar-refractivity contribution is 7.09. The van der Waals surface area contributed by atoms with E-state index in [4.69, 9.17) is 9.47 Å². The van der Waals surface area contributed by atoms with E-state index in [0.717, 1.165) is 12.0 Å². The first-order valence-electron chi connectivity index (χ1n) is 7.68. The number of hydrogen-bond acceptors (Lipinski definition) is 5. The number of ketones is 1. The van der Waals surface area contributed by atoms with E-state index in [1.54, 1.807) is 43.8 Å². The summed E-state index contributed by atoms with van der Waals surface area (Å²) in [6.07, 6.45) is 1.76. The number of aryl methyl sites for hydroxylation is 1. The Labute approximate surface area is 145 Å². The number of methoxy groups -OCH3 is 2. The lowest BCUT2D eigenvalue weighted by Crippen LogP contribution is -2.30. The van der Waals surface area contributed by atoms with E-state index in [9.17, 15) is 9.59 Å². The lowest BCUT2D eigenvalue weighted by atomic mass is 10.1. The van der Waals surface area contributed by atoms with Gasteiger partial charge in [0.1, 0.15) is 11.5 Å². The average molecular weight is 347 g/mol. The number of thiophene rings is 1. The van der Waals surface area contributed by atoms with Crippen molar-refractivity contribution in [2.75, 3.05) is 14.2 Å². The Kier molecular flexibility index (Phi) is 6.81. The van der Waals surface area contributed by atoms with Crippen LogP contribution in [0, 0.1) is 0 Å². The molecule has 6 heteroatoms. The minimum Gasteiger partial charge on any atom is -0.497 e. The number of hydrogen-bond donors (Lipinski definition) is 1. The molecule has 1 aromatic heterocycles. The molecule has 0 aliphatic carbocycles. The predicted molar refractivity (Wildman–Crippen MR) is 93.7 cm³/mol. The number of rotatable bonds is 9. The summed E-state index contributed by atoms with van der Waals surface area (Å²) in [7, 11) is 3.13. The van der Waals surface area contributed by atoms with Crippen molar-refractivity contribution in [1.29, 1.82) is 0 Å². The van der Waals surface area contributed by atoms with Crippen LogP contribution >= 0.6 is 11.3 Å². The lowest BCUT2D eigenvalue weighted by Gasteiger charge is -2.11. The van der Waals surface area contributed by atoms with Gasteiger partial charge < -0.3 is 14.8 Å². The lowest BCUT2D eigenvalue weighted by molar-refractivity contribution is -0.138. The second-order valence-corrected chi connectivity index (χ2v) is 6.25. The summed E-state index contributed by atoms with van der Waals surface area (Å²) in [5.41, 5.74) is 0.790. The molecule has 0 aliphatic rings. The van der Waals surface area contributed by atoms with Crippen molar-refractivity contribution < 1.29 is 19.1 Å². The third-order valence-electron chi connectivity index (χ3n) is 3.59. The van der Waals surface area contributed by atoms with Crippen LogP contribution < -0.4 is 14.8 Å². The fraction of sp³-hybridized carbons (Fsp3) is 0.333. The van der Waals surface area contributed by atoms with Crippen LogP contribution in [0.25, 0.3) is 0 Å². The fourth-order valence-electron chi connectivity index (χ4n) is 2.26. The number of carbonyl (C=O) groups excluding carboxylic acids is 2. The van der Waals surface area contributed by atoms with Gasteiger partial charge in [-0.1, -0.05) is 6.07 Å². The van der Waals surface area contributed by atoms with E-state index >= 15 is 0 Å². The maximum absolute atomic E-state index is 11.9. The Morgan fingerprint density at radius 2 is 2.00 bits per heavy atom. The number of amides is 1. The van der Waals surface area contributed by atoms with Crippen LogP contribution in [0.5, 0.6) is 11.5 Å². The van der Waals surface area contributed by atoms with Crippen molar-refractivity contribution in [3.05, 3.63) is 46.2 Å². The molecule has 0 atom stereocenters. The Morgan fingerprint density at radius 3 is 2.67 bits per heavy atom. The van der Waals surface area contributed by atoms with Crippen molar-refractivity contribution in [3.63, 3.8) is 0 Å². The Balaban J connectivity index is 1.80. The number of ether oxygens (including phenoxy) is 2. The molecule has 2 aromatic rings. The van der Waals surface area contributed by atoms with Gasteiger partial charge in [0.15, 0.2) is 0 Å². The summed E-state index contributed by atoms with van der Waals surface area (Å²) >= 11 is 1.66. The smallest absolute Gasteiger partial charge is 0.287 e. The third kappa shape index (κ3) is 5.09. The molecule has 1 N–H and O–H groups in total. The van der Waals surface area contributed by atoms with Crippen molar-refractivity contribution in [2.45, 2.75) is 25.8 Å². The zero-order valence-electron chi connectivity index (χ0n) is 13.8. The van der Waals surface area contributed by atoms with Gasteiger partial charge in [-0.15, -0.1) is 11.3 Å². The number of carbonyl (C=O) groups is 2. The standard InChI is InChI=1S/C18H21NO4S/c1-22-14-9-8-13(17(11-14)23-2)12-19-18(21)16(20)7-3-5-15-6-4-10-24-15/h4,6,8-11H,3,5,7,12H2,1-2H3,(H,19,21). The van der Waals surface area contributed by atoms with Gasteiger partial charge >= 0.3 is 0 Å². The zero-order chi connectivity index (χ0) is 17.4. The molecular formula is C18H21NO4S. The van der Waals surface area contributed by atoms with Gasteiger partial charge in [-0.2, -0.15) is 0 Å². The molecule has 0 fully saturated rings. The van der Waals surface area contributed by atoms with E-state index in [0.29, 0.717) is 17.9 Å². The minimum atomic E-state index is -0.556. The van der Waals surface area contributed by atoms with Gasteiger partial charge in [-0.3, -0.25) is 9.59 Å². The molecule has 2 rings (SSSR count). The summed E-state index contributed by atoms with van der Waals surface area (Å²) in [5, 5.41) is 4.65. The Morgan fingerprint density at radius 1 is 1.17 bits per heavy atom. The first-order chi connectivity index (χ1) is 11.6. The third-order valence-corrected chi connectivity index (χ3v) is 4.53. The van der Waals surface area contributed by atoms with E-state index in [-0.39, 0.29) is 18.7 Å². The van der Waals surface area contributed by atoms with Gasteiger partial charge in [-0.25, -0.2) is 0 Å². The molecular weight excluding hydrogens is 326 g/mol. The summed E-state index contributed by atoms with van der Waals surface area (Å²) in [5.74, 6) is 0.337. The van der Waals surface area contributed by atoms with Gasteiger partial charge in [0.05, 0.1) is 14.2 Å². The molecule has 0 radical (unpaired) electrons. The molecule has 0 spiro atoms. The van der Waals surface area contributed by atoms with Crippen molar-refractivity contribution in [3.8, 4) is 11.5 Å². The van der Waals surface area contributed by atoms with Crippen LogP contribution in [0.1, 0.15) is 23.3 Å². The molecule has 1 aromatic carbocycles. The predicted octanol–water partition coefficient (Wildman–Crippen LogP) is 2.97. The van der Waals surface area contributed by atoms with Crippen molar-refractivity contribution in [1.82, 2.24) is 5.32 Å². The topological polar surface area (TPSA) is 64.6 Å². The minimum absolute atomic E-state index is 0.239. The number of Topliss-reactive ketones (excluding diaryl/α,β-unsaturated/α-hetero) is 1. The van der Waals surface area contributed by atoms with Crippen LogP contribution in [-0.4, -0.2) is 25.9 Å². The molecule has 0 bridgehead atoms. The van der Waals surface area contributed by atoms with Gasteiger partial charge in [0.25, 0.3) is 5.91 Å². The Hall–Kier alpha value is -2.34. The highest BCUT2D eigenvalue weighted by atomic mass is 32.1. The maximum Gasteiger partial charge on any atom is 0.287 e. The van der Waals surface area contributed by atoms with Crippen LogP contribution in [0.4, 0.5) is 0 Å². The second-order valence-electron chi connectivity index (χ2n) is 5.22. The molecule has 0 unspecified atom stereocenters. The van der Waals surface area contributed by atoms with Gasteiger partial charge in [0, 0.05) is 29.5 Å². The number of nitrogens with one attached hydrogen (secondary N) is 1. The largest absolute Gasteiger partial charge is 0.497 e. The monoisotopic (exact) mass is 347 g/mol.